The van der Waals surface area contributed by atoms with Gasteiger partial charge in [-0.25, -0.2) is 4.79 Å². The van der Waals surface area contributed by atoms with E-state index in [0.29, 0.717) is 26.1 Å². The van der Waals surface area contributed by atoms with Crippen LogP contribution in [0.2, 0.25) is 0 Å². The van der Waals surface area contributed by atoms with Crippen LogP contribution in [0.1, 0.15) is 29.8 Å². The Morgan fingerprint density at radius 3 is 2.76 bits per heavy atom. The molecule has 2 atom stereocenters. The summed E-state index contributed by atoms with van der Waals surface area (Å²) in [5.41, 5.74) is 2.98. The molecule has 5 rings (SSSR count). The highest BCUT2D eigenvalue weighted by atomic mass is 16.5. The topological polar surface area (TPSA) is 77.7 Å². The molecule has 33 heavy (non-hydrogen) atoms. The van der Waals surface area contributed by atoms with E-state index in [0.717, 1.165) is 33.5 Å². The van der Waals surface area contributed by atoms with E-state index in [9.17, 15) is 9.59 Å². The second kappa shape index (κ2) is 8.08. The Morgan fingerprint density at radius 2 is 2.03 bits per heavy atom. The minimum absolute atomic E-state index is 0.156. The number of amides is 3. The van der Waals surface area contributed by atoms with Crippen LogP contribution in [-0.4, -0.2) is 59.0 Å². The molecule has 1 saturated heterocycles. The number of H-pyrrole nitrogens is 1. The fraction of sp³-hybridized carbons (Fsp3) is 0.308. The van der Waals surface area contributed by atoms with E-state index in [2.05, 4.69) is 16.9 Å². The number of carbonyl (C=O) groups excluding carboxylic acids is 2. The van der Waals surface area contributed by atoms with E-state index in [1.54, 1.807) is 18.1 Å². The first kappa shape index (κ1) is 21.3. The summed E-state index contributed by atoms with van der Waals surface area (Å²) in [7, 11) is 1.65. The Labute approximate surface area is 193 Å². The molecule has 3 amide bonds. The van der Waals surface area contributed by atoms with Gasteiger partial charge in [-0.1, -0.05) is 36.4 Å². The molecule has 7 heteroatoms. The minimum Gasteiger partial charge on any atom is -0.497 e. The van der Waals surface area contributed by atoms with Crippen LogP contribution in [0.3, 0.4) is 0 Å². The van der Waals surface area contributed by atoms with Crippen LogP contribution in [0.4, 0.5) is 4.79 Å². The molecule has 0 spiro atoms. The van der Waals surface area contributed by atoms with E-state index >= 15 is 0 Å². The number of hydrogen-bond donors (Lipinski definition) is 2. The first-order chi connectivity index (χ1) is 16.0. The van der Waals surface area contributed by atoms with Gasteiger partial charge in [0, 0.05) is 42.7 Å². The summed E-state index contributed by atoms with van der Waals surface area (Å²) in [6.45, 7) is 7.06. The third kappa shape index (κ3) is 3.23. The largest absolute Gasteiger partial charge is 0.497 e. The van der Waals surface area contributed by atoms with Crippen molar-refractivity contribution in [2.45, 2.75) is 24.9 Å². The van der Waals surface area contributed by atoms with Crippen molar-refractivity contribution >= 4 is 22.8 Å². The molecule has 7 nitrogen and oxygen atoms in total. The smallest absolute Gasteiger partial charge is 0.328 e. The molecule has 3 aromatic rings. The summed E-state index contributed by atoms with van der Waals surface area (Å²) in [6, 6.07) is 15.2. The van der Waals surface area contributed by atoms with Gasteiger partial charge in [-0.3, -0.25) is 14.6 Å². The highest BCUT2D eigenvalue weighted by molar-refractivity contribution is 6.08. The molecule has 0 radical (unpaired) electrons. The zero-order valence-corrected chi connectivity index (χ0v) is 18.9. The van der Waals surface area contributed by atoms with Crippen LogP contribution in [0.5, 0.6) is 5.75 Å². The number of ether oxygens (including phenoxy) is 1. The van der Waals surface area contributed by atoms with E-state index < -0.39 is 5.54 Å². The average Bonchev–Trinajstić information content (AvgIpc) is 3.28. The lowest BCUT2D eigenvalue weighted by Crippen LogP contribution is -2.53. The standard InChI is InChI=1S/C26H28N4O3/c1-4-12-27-13-14-29-24(31)26(2)16-20-19-15-18(33-3)10-11-21(19)28-22(20)23(30(26)25(29)32)17-8-6-5-7-9-17/h4-11,15,23,27-28H,1,12-14,16H2,2-3H3/t23-,26+/m1/s1. The van der Waals surface area contributed by atoms with Crippen molar-refractivity contribution in [3.63, 3.8) is 0 Å². The summed E-state index contributed by atoms with van der Waals surface area (Å²) in [5.74, 6) is 0.605. The van der Waals surface area contributed by atoms with Gasteiger partial charge in [0.2, 0.25) is 0 Å². The number of methoxy groups -OCH3 is 1. The highest BCUT2D eigenvalue weighted by Gasteiger charge is 2.59. The van der Waals surface area contributed by atoms with Crippen LogP contribution >= 0.6 is 0 Å². The maximum absolute atomic E-state index is 13.7. The zero-order chi connectivity index (χ0) is 23.2. The van der Waals surface area contributed by atoms with E-state index in [1.165, 1.54) is 4.90 Å². The van der Waals surface area contributed by atoms with Crippen molar-refractivity contribution in [2.24, 2.45) is 0 Å². The van der Waals surface area contributed by atoms with Gasteiger partial charge in [-0.2, -0.15) is 0 Å². The van der Waals surface area contributed by atoms with Gasteiger partial charge in [-0.15, -0.1) is 6.58 Å². The SMILES string of the molecule is C=CCNCCN1C(=O)N2[C@H](c3ccccc3)c3[nH]c4ccc(OC)cc4c3C[C@@]2(C)C1=O. The first-order valence-corrected chi connectivity index (χ1v) is 11.2. The van der Waals surface area contributed by atoms with Crippen LogP contribution in [0.15, 0.2) is 61.2 Å². The molecule has 0 aliphatic carbocycles. The Bertz CT molecular complexity index is 1240. The maximum atomic E-state index is 13.7. The monoisotopic (exact) mass is 444 g/mol. The normalized spacial score (nSPS) is 21.9. The second-order valence-corrected chi connectivity index (χ2v) is 8.79. The second-order valence-electron chi connectivity index (χ2n) is 8.79. The Morgan fingerprint density at radius 1 is 1.24 bits per heavy atom. The molecule has 0 saturated carbocycles. The number of fused-ring (bicyclic) bond motifs is 4. The van der Waals surface area contributed by atoms with E-state index in [1.807, 2.05) is 55.5 Å². The fourth-order valence-electron chi connectivity index (χ4n) is 5.19. The zero-order valence-electron chi connectivity index (χ0n) is 18.9. The predicted molar refractivity (Wildman–Crippen MR) is 127 cm³/mol. The molecule has 0 unspecified atom stereocenters. The highest BCUT2D eigenvalue weighted by Crippen LogP contribution is 2.48. The number of aromatic nitrogens is 1. The van der Waals surface area contributed by atoms with Crippen molar-refractivity contribution in [2.75, 3.05) is 26.7 Å². The van der Waals surface area contributed by atoms with Gasteiger partial charge in [0.15, 0.2) is 0 Å². The molecule has 2 aliphatic rings. The Kier molecular flexibility index (Phi) is 5.21. The van der Waals surface area contributed by atoms with Crippen molar-refractivity contribution < 1.29 is 14.3 Å². The molecule has 170 valence electrons. The Hall–Kier alpha value is -3.58. The van der Waals surface area contributed by atoms with Gasteiger partial charge < -0.3 is 15.0 Å². The first-order valence-electron chi connectivity index (χ1n) is 11.2. The number of imide groups is 1. The van der Waals surface area contributed by atoms with Crippen LogP contribution in [-0.2, 0) is 11.2 Å². The third-order valence-corrected chi connectivity index (χ3v) is 6.79. The maximum Gasteiger partial charge on any atom is 0.328 e. The number of carbonyl (C=O) groups is 2. The number of aromatic amines is 1. The summed E-state index contributed by atoms with van der Waals surface area (Å²) in [6.07, 6.45) is 2.20. The lowest BCUT2D eigenvalue weighted by Gasteiger charge is -2.42. The number of nitrogens with zero attached hydrogens (tertiary/aromatic N) is 2. The molecule has 3 heterocycles. The molecule has 2 aliphatic heterocycles. The molecule has 2 N–H and O–H groups in total. The molecule has 1 fully saturated rings. The van der Waals surface area contributed by atoms with Crippen molar-refractivity contribution in [1.29, 1.82) is 0 Å². The van der Waals surface area contributed by atoms with Gasteiger partial charge in [-0.05, 0) is 36.2 Å². The predicted octanol–water partition coefficient (Wildman–Crippen LogP) is 3.62. The molecule has 2 aromatic carbocycles. The number of urea groups is 1. The van der Waals surface area contributed by atoms with Crippen LogP contribution in [0.25, 0.3) is 10.9 Å². The van der Waals surface area contributed by atoms with Gasteiger partial charge in [0.25, 0.3) is 5.91 Å². The minimum atomic E-state index is -0.971. The quantitative estimate of drug-likeness (QED) is 0.332. The van der Waals surface area contributed by atoms with Crippen molar-refractivity contribution in [3.8, 4) is 5.75 Å². The lowest BCUT2D eigenvalue weighted by molar-refractivity contribution is -0.133. The molecule has 0 bridgehead atoms. The number of benzene rings is 2. The lowest BCUT2D eigenvalue weighted by atomic mass is 9.81. The van der Waals surface area contributed by atoms with Gasteiger partial charge in [0.05, 0.1) is 7.11 Å². The molecule has 1 aromatic heterocycles. The number of hydrogen-bond acceptors (Lipinski definition) is 4. The van der Waals surface area contributed by atoms with Crippen LogP contribution in [0, 0.1) is 0 Å². The van der Waals surface area contributed by atoms with Crippen molar-refractivity contribution in [3.05, 3.63) is 78.0 Å². The average molecular weight is 445 g/mol. The number of nitrogens with one attached hydrogen (secondary N) is 2. The molecular formula is C26H28N4O3. The van der Waals surface area contributed by atoms with E-state index in [4.69, 9.17) is 4.74 Å². The third-order valence-electron chi connectivity index (χ3n) is 6.79. The number of rotatable bonds is 7. The summed E-state index contributed by atoms with van der Waals surface area (Å²) in [5, 5.41) is 4.21. The summed E-state index contributed by atoms with van der Waals surface area (Å²) in [4.78, 5) is 34.1. The van der Waals surface area contributed by atoms with Crippen LogP contribution < -0.4 is 10.1 Å². The molecular weight excluding hydrogens is 416 g/mol. The summed E-state index contributed by atoms with van der Waals surface area (Å²) < 4.78 is 5.46. The Balaban J connectivity index is 1.64. The van der Waals surface area contributed by atoms with E-state index in [-0.39, 0.29) is 18.0 Å². The van der Waals surface area contributed by atoms with Crippen molar-refractivity contribution in [1.82, 2.24) is 20.1 Å². The van der Waals surface area contributed by atoms with Gasteiger partial charge in [0.1, 0.15) is 17.3 Å². The summed E-state index contributed by atoms with van der Waals surface area (Å²) >= 11 is 0. The van der Waals surface area contributed by atoms with Gasteiger partial charge >= 0.3 is 6.03 Å². The fourth-order valence-corrected chi connectivity index (χ4v) is 5.19.